The van der Waals surface area contributed by atoms with Gasteiger partial charge in [-0.1, -0.05) is 24.3 Å². The lowest BCUT2D eigenvalue weighted by molar-refractivity contribution is -0.127. The molecule has 0 spiro atoms. The van der Waals surface area contributed by atoms with E-state index in [1.165, 1.54) is 4.88 Å². The Morgan fingerprint density at radius 2 is 2.05 bits per heavy atom. The second-order valence-electron chi connectivity index (χ2n) is 5.17. The molecule has 3 rings (SSSR count). The number of nitrogens with zero attached hydrogens (tertiary/aromatic N) is 1. The smallest absolute Gasteiger partial charge is 0.254 e. The summed E-state index contributed by atoms with van der Waals surface area (Å²) in [6, 6.07) is 11.8. The second kappa shape index (κ2) is 6.20. The molecule has 1 amide bonds. The third-order valence-electron chi connectivity index (χ3n) is 3.78. The molecule has 0 radical (unpaired) electrons. The molecule has 4 heteroatoms. The van der Waals surface area contributed by atoms with Gasteiger partial charge in [0.1, 0.15) is 5.75 Å². The third-order valence-corrected chi connectivity index (χ3v) is 4.82. The van der Waals surface area contributed by atoms with Gasteiger partial charge < -0.3 is 9.64 Å². The van der Waals surface area contributed by atoms with Crippen LogP contribution < -0.4 is 4.74 Å². The number of ether oxygens (including phenoxy) is 1. The first-order valence-corrected chi connectivity index (χ1v) is 7.99. The summed E-state index contributed by atoms with van der Waals surface area (Å²) < 4.78 is 5.54. The number of carbonyl (C=O) groups excluding carboxylic acids is 1. The number of rotatable bonds is 3. The molecule has 0 saturated carbocycles. The van der Waals surface area contributed by atoms with Gasteiger partial charge in [-0.2, -0.15) is 0 Å². The van der Waals surface area contributed by atoms with Gasteiger partial charge in [0, 0.05) is 23.1 Å². The van der Waals surface area contributed by atoms with Crippen LogP contribution in [0.2, 0.25) is 0 Å². The average Bonchev–Trinajstić information content (AvgIpc) is 2.99. The molecule has 1 aromatic carbocycles. The Hall–Kier alpha value is -2.33. The number of benzene rings is 1. The molecule has 0 saturated heterocycles. The Kier molecular flexibility index (Phi) is 4.11. The summed E-state index contributed by atoms with van der Waals surface area (Å²) in [4.78, 5) is 15.7. The van der Waals surface area contributed by atoms with Gasteiger partial charge in [-0.15, -0.1) is 11.3 Å². The van der Waals surface area contributed by atoms with Gasteiger partial charge in [-0.3, -0.25) is 4.79 Å². The van der Waals surface area contributed by atoms with Crippen LogP contribution >= 0.6 is 11.3 Å². The lowest BCUT2D eigenvalue weighted by Gasteiger charge is -2.24. The molecule has 1 aromatic heterocycles. The summed E-state index contributed by atoms with van der Waals surface area (Å²) in [5.41, 5.74) is 1.53. The van der Waals surface area contributed by atoms with Crippen LogP contribution in [-0.4, -0.2) is 17.9 Å². The van der Waals surface area contributed by atoms with E-state index in [0.717, 1.165) is 11.3 Å². The summed E-state index contributed by atoms with van der Waals surface area (Å²) in [5, 5.41) is 2.03. The van der Waals surface area contributed by atoms with E-state index in [9.17, 15) is 4.79 Å². The molecule has 2 heterocycles. The highest BCUT2D eigenvalue weighted by atomic mass is 32.1. The van der Waals surface area contributed by atoms with Crippen LogP contribution in [-0.2, 0) is 4.79 Å². The van der Waals surface area contributed by atoms with Crippen LogP contribution in [0.15, 0.2) is 59.7 Å². The number of carbonyl (C=O) groups is 1. The van der Waals surface area contributed by atoms with Crippen molar-refractivity contribution in [2.24, 2.45) is 0 Å². The van der Waals surface area contributed by atoms with E-state index < -0.39 is 0 Å². The third kappa shape index (κ3) is 2.83. The van der Waals surface area contributed by atoms with E-state index in [2.05, 4.69) is 6.07 Å². The fourth-order valence-electron chi connectivity index (χ4n) is 2.34. The number of hydrogen-bond acceptors (Lipinski definition) is 3. The van der Waals surface area contributed by atoms with Gasteiger partial charge in [0.15, 0.2) is 0 Å². The Labute approximate surface area is 134 Å². The van der Waals surface area contributed by atoms with Crippen molar-refractivity contribution < 1.29 is 9.53 Å². The molecular weight excluding hydrogens is 294 g/mol. The van der Waals surface area contributed by atoms with Crippen LogP contribution in [0.25, 0.3) is 6.08 Å². The highest BCUT2D eigenvalue weighted by Gasteiger charge is 2.21. The van der Waals surface area contributed by atoms with Crippen LogP contribution in [0.4, 0.5) is 0 Å². The van der Waals surface area contributed by atoms with E-state index in [1.54, 1.807) is 28.6 Å². The zero-order valence-corrected chi connectivity index (χ0v) is 13.3. The molecule has 1 aliphatic rings. The summed E-state index contributed by atoms with van der Waals surface area (Å²) in [5.74, 6) is 0.743. The summed E-state index contributed by atoms with van der Waals surface area (Å²) in [6.07, 6.45) is 5.16. The quantitative estimate of drug-likeness (QED) is 0.848. The highest BCUT2D eigenvalue weighted by Crippen LogP contribution is 2.28. The molecule has 1 aliphatic heterocycles. The topological polar surface area (TPSA) is 29.5 Å². The molecule has 22 heavy (non-hydrogen) atoms. The predicted octanol–water partition coefficient (Wildman–Crippen LogP) is 4.26. The van der Waals surface area contributed by atoms with Gasteiger partial charge in [0.05, 0.1) is 12.3 Å². The second-order valence-corrected chi connectivity index (χ2v) is 6.14. The molecule has 1 atom stereocenters. The van der Waals surface area contributed by atoms with E-state index in [0.29, 0.717) is 5.57 Å². The Balaban J connectivity index is 1.87. The first-order chi connectivity index (χ1) is 10.7. The zero-order chi connectivity index (χ0) is 15.5. The lowest BCUT2D eigenvalue weighted by atomic mass is 10.1. The van der Waals surface area contributed by atoms with Gasteiger partial charge in [-0.25, -0.2) is 0 Å². The minimum absolute atomic E-state index is 0.0162. The van der Waals surface area contributed by atoms with Gasteiger partial charge in [0.25, 0.3) is 5.91 Å². The van der Waals surface area contributed by atoms with Crippen molar-refractivity contribution in [3.05, 3.63) is 70.1 Å². The van der Waals surface area contributed by atoms with Crippen LogP contribution in [0.1, 0.15) is 23.4 Å². The number of para-hydroxylation sites is 1. The monoisotopic (exact) mass is 311 g/mol. The summed E-state index contributed by atoms with van der Waals surface area (Å²) in [6.45, 7) is 2.04. The van der Waals surface area contributed by atoms with Gasteiger partial charge in [0.2, 0.25) is 0 Å². The van der Waals surface area contributed by atoms with Crippen molar-refractivity contribution in [2.75, 3.05) is 7.05 Å². The van der Waals surface area contributed by atoms with Crippen molar-refractivity contribution in [2.45, 2.75) is 13.0 Å². The minimum atomic E-state index is -0.0162. The van der Waals surface area contributed by atoms with Crippen molar-refractivity contribution in [3.8, 4) is 5.75 Å². The van der Waals surface area contributed by atoms with Crippen molar-refractivity contribution in [3.63, 3.8) is 0 Å². The fourth-order valence-corrected chi connectivity index (χ4v) is 3.16. The molecule has 1 unspecified atom stereocenters. The number of hydrogen-bond donors (Lipinski definition) is 0. The molecule has 0 bridgehead atoms. The van der Waals surface area contributed by atoms with E-state index in [-0.39, 0.29) is 11.9 Å². The van der Waals surface area contributed by atoms with Crippen molar-refractivity contribution in [1.82, 2.24) is 4.90 Å². The number of fused-ring (bicyclic) bond motifs is 1. The van der Waals surface area contributed by atoms with E-state index in [1.807, 2.05) is 55.8 Å². The van der Waals surface area contributed by atoms with E-state index in [4.69, 9.17) is 4.74 Å². The van der Waals surface area contributed by atoms with E-state index >= 15 is 0 Å². The standard InChI is InChI=1S/C18H17NO2S/c1-13(17-8-5-11-22-17)19(2)18(20)15-9-10-21-16-7-4-3-6-14(16)12-15/h3-13H,1-2H3. The maximum absolute atomic E-state index is 12.8. The maximum atomic E-state index is 12.8. The summed E-state index contributed by atoms with van der Waals surface area (Å²) in [7, 11) is 1.83. The van der Waals surface area contributed by atoms with Crippen LogP contribution in [0.5, 0.6) is 5.75 Å². The van der Waals surface area contributed by atoms with Gasteiger partial charge >= 0.3 is 0 Å². The number of likely N-dealkylation sites (N-methyl/N-ethyl adjacent to an activating group) is 1. The van der Waals surface area contributed by atoms with Crippen molar-refractivity contribution in [1.29, 1.82) is 0 Å². The molecule has 0 N–H and O–H groups in total. The maximum Gasteiger partial charge on any atom is 0.254 e. The van der Waals surface area contributed by atoms with Crippen molar-refractivity contribution >= 4 is 23.3 Å². The first kappa shape index (κ1) is 14.6. The molecular formula is C18H17NO2S. The zero-order valence-electron chi connectivity index (χ0n) is 12.5. The lowest BCUT2D eigenvalue weighted by Crippen LogP contribution is -2.30. The first-order valence-electron chi connectivity index (χ1n) is 7.11. The average molecular weight is 311 g/mol. The molecule has 112 valence electrons. The Bertz CT molecular complexity index is 731. The van der Waals surface area contributed by atoms with Crippen LogP contribution in [0.3, 0.4) is 0 Å². The molecule has 0 fully saturated rings. The van der Waals surface area contributed by atoms with Crippen LogP contribution in [0, 0.1) is 0 Å². The predicted molar refractivity (Wildman–Crippen MR) is 89.7 cm³/mol. The SMILES string of the molecule is CC(c1cccs1)N(C)C(=O)C1=Cc2ccccc2OC=C1. The largest absolute Gasteiger partial charge is 0.464 e. The Morgan fingerprint density at radius 3 is 2.82 bits per heavy atom. The number of amides is 1. The molecule has 3 nitrogen and oxygen atoms in total. The minimum Gasteiger partial charge on any atom is -0.464 e. The molecule has 2 aromatic rings. The summed E-state index contributed by atoms with van der Waals surface area (Å²) >= 11 is 1.66. The Morgan fingerprint density at radius 1 is 1.23 bits per heavy atom. The number of thiophene rings is 1. The normalized spacial score (nSPS) is 14.4. The molecule has 0 aliphatic carbocycles. The highest BCUT2D eigenvalue weighted by molar-refractivity contribution is 7.10. The fraction of sp³-hybridized carbons (Fsp3) is 0.167. The van der Waals surface area contributed by atoms with Gasteiger partial charge in [-0.05, 0) is 36.6 Å².